The zero-order valence-electron chi connectivity index (χ0n) is 14.9. The summed E-state index contributed by atoms with van der Waals surface area (Å²) in [7, 11) is 0. The van der Waals surface area contributed by atoms with E-state index in [1.165, 1.54) is 0 Å². The average molecular weight is 380 g/mol. The third-order valence-corrected chi connectivity index (χ3v) is 5.30. The van der Waals surface area contributed by atoms with Crippen molar-refractivity contribution in [2.24, 2.45) is 5.41 Å². The molecule has 1 aliphatic heterocycles. The molecule has 26 heavy (non-hydrogen) atoms. The third-order valence-electron chi connectivity index (χ3n) is 5.05. The second-order valence-electron chi connectivity index (χ2n) is 6.92. The van der Waals surface area contributed by atoms with Crippen molar-refractivity contribution in [1.29, 1.82) is 0 Å². The van der Waals surface area contributed by atoms with Gasteiger partial charge < -0.3 is 15.4 Å². The first kappa shape index (κ1) is 19.1. The minimum Gasteiger partial charge on any atom is -0.379 e. The lowest BCUT2D eigenvalue weighted by Crippen LogP contribution is -2.46. The van der Waals surface area contributed by atoms with Gasteiger partial charge in [-0.05, 0) is 37.0 Å². The van der Waals surface area contributed by atoms with Crippen molar-refractivity contribution in [3.8, 4) is 0 Å². The molecule has 0 spiro atoms. The van der Waals surface area contributed by atoms with E-state index in [0.717, 1.165) is 44.8 Å². The van der Waals surface area contributed by atoms with Gasteiger partial charge in [-0.2, -0.15) is 0 Å². The van der Waals surface area contributed by atoms with Gasteiger partial charge in [-0.1, -0.05) is 23.7 Å². The van der Waals surface area contributed by atoms with Crippen LogP contribution in [0.3, 0.4) is 0 Å². The summed E-state index contributed by atoms with van der Waals surface area (Å²) in [4.78, 5) is 27.2. The number of carbonyl (C=O) groups excluding carboxylic acids is 2. The molecule has 2 aliphatic rings. The molecule has 1 heterocycles. The van der Waals surface area contributed by atoms with Crippen molar-refractivity contribution in [2.45, 2.75) is 19.3 Å². The number of nitrogens with zero attached hydrogens (tertiary/aromatic N) is 1. The van der Waals surface area contributed by atoms with Crippen LogP contribution in [0.25, 0.3) is 0 Å². The van der Waals surface area contributed by atoms with Crippen LogP contribution in [0.1, 0.15) is 18.4 Å². The Morgan fingerprint density at radius 2 is 1.65 bits per heavy atom. The summed E-state index contributed by atoms with van der Waals surface area (Å²) in [6.07, 6.45) is 1.98. The Labute approximate surface area is 159 Å². The van der Waals surface area contributed by atoms with Crippen molar-refractivity contribution in [1.82, 2.24) is 15.5 Å². The van der Waals surface area contributed by atoms with Gasteiger partial charge in [0, 0.05) is 37.7 Å². The van der Waals surface area contributed by atoms with Crippen LogP contribution in [0.15, 0.2) is 24.3 Å². The van der Waals surface area contributed by atoms with Crippen LogP contribution >= 0.6 is 11.6 Å². The van der Waals surface area contributed by atoms with Crippen LogP contribution in [0.4, 0.5) is 0 Å². The topological polar surface area (TPSA) is 70.7 Å². The summed E-state index contributed by atoms with van der Waals surface area (Å²) in [6, 6.07) is 7.56. The number of amides is 2. The van der Waals surface area contributed by atoms with E-state index in [1.54, 1.807) is 0 Å². The molecule has 1 aromatic carbocycles. The van der Waals surface area contributed by atoms with Crippen LogP contribution < -0.4 is 10.6 Å². The highest BCUT2D eigenvalue weighted by atomic mass is 35.5. The Bertz CT molecular complexity index is 625. The van der Waals surface area contributed by atoms with Crippen LogP contribution in [-0.2, 0) is 20.7 Å². The van der Waals surface area contributed by atoms with Crippen molar-refractivity contribution in [3.05, 3.63) is 34.9 Å². The first-order chi connectivity index (χ1) is 12.6. The highest BCUT2D eigenvalue weighted by Crippen LogP contribution is 2.46. The molecule has 2 N–H and O–H groups in total. The lowest BCUT2D eigenvalue weighted by molar-refractivity contribution is -0.137. The molecule has 0 bridgehead atoms. The number of carbonyl (C=O) groups is 2. The van der Waals surface area contributed by atoms with Gasteiger partial charge in [0.05, 0.1) is 13.2 Å². The summed E-state index contributed by atoms with van der Waals surface area (Å²) in [5.74, 6) is -0.301. The van der Waals surface area contributed by atoms with E-state index < -0.39 is 5.41 Å². The van der Waals surface area contributed by atoms with Gasteiger partial charge in [0.15, 0.2) is 0 Å². The van der Waals surface area contributed by atoms with Crippen molar-refractivity contribution < 1.29 is 14.3 Å². The first-order valence-electron chi connectivity index (χ1n) is 9.21. The van der Waals surface area contributed by atoms with Crippen LogP contribution in [-0.4, -0.2) is 62.7 Å². The summed E-state index contributed by atoms with van der Waals surface area (Å²) < 4.78 is 5.31. The second kappa shape index (κ2) is 8.84. The summed E-state index contributed by atoms with van der Waals surface area (Å²) in [5, 5.41) is 6.54. The normalized spacial score (nSPS) is 19.0. The number of hydrogen-bond donors (Lipinski definition) is 2. The Morgan fingerprint density at radius 1 is 1.04 bits per heavy atom. The van der Waals surface area contributed by atoms with Gasteiger partial charge in [-0.3, -0.25) is 14.5 Å². The number of hydrogen-bond acceptors (Lipinski definition) is 4. The fraction of sp³-hybridized carbons (Fsp3) is 0.579. The van der Waals surface area contributed by atoms with Crippen molar-refractivity contribution >= 4 is 23.4 Å². The van der Waals surface area contributed by atoms with Gasteiger partial charge in [0.1, 0.15) is 5.41 Å². The monoisotopic (exact) mass is 379 g/mol. The molecule has 1 saturated carbocycles. The van der Waals surface area contributed by atoms with Crippen molar-refractivity contribution in [3.63, 3.8) is 0 Å². The van der Waals surface area contributed by atoms with Gasteiger partial charge in [-0.25, -0.2) is 0 Å². The third kappa shape index (κ3) is 4.96. The van der Waals surface area contributed by atoms with E-state index in [4.69, 9.17) is 16.3 Å². The molecular formula is C19H26ClN3O3. The zero-order chi connectivity index (χ0) is 18.4. The Kier molecular flexibility index (Phi) is 6.51. The molecular weight excluding hydrogens is 354 g/mol. The van der Waals surface area contributed by atoms with E-state index in [-0.39, 0.29) is 11.8 Å². The van der Waals surface area contributed by atoms with E-state index in [1.807, 2.05) is 24.3 Å². The number of halogens is 1. The molecule has 1 aromatic rings. The largest absolute Gasteiger partial charge is 0.379 e. The molecule has 0 atom stereocenters. The molecule has 0 aromatic heterocycles. The summed E-state index contributed by atoms with van der Waals surface area (Å²) >= 11 is 5.87. The Hall–Kier alpha value is -1.63. The van der Waals surface area contributed by atoms with E-state index in [2.05, 4.69) is 15.5 Å². The number of rotatable bonds is 8. The Balaban J connectivity index is 1.38. The predicted molar refractivity (Wildman–Crippen MR) is 100 cm³/mol. The fourth-order valence-electron chi connectivity index (χ4n) is 3.14. The van der Waals surface area contributed by atoms with Crippen molar-refractivity contribution in [2.75, 3.05) is 45.9 Å². The molecule has 6 nitrogen and oxygen atoms in total. The summed E-state index contributed by atoms with van der Waals surface area (Å²) in [5.41, 5.74) is 0.250. The smallest absolute Gasteiger partial charge is 0.235 e. The maximum atomic E-state index is 12.5. The predicted octanol–water partition coefficient (Wildman–Crippen LogP) is 1.23. The minimum absolute atomic E-state index is 0.144. The highest BCUT2D eigenvalue weighted by molar-refractivity contribution is 6.30. The molecule has 7 heteroatoms. The highest BCUT2D eigenvalue weighted by Gasteiger charge is 2.56. The molecule has 1 saturated heterocycles. The SMILES string of the molecule is O=C(NCCc1ccc(Cl)cc1)C1(C(=O)NCCN2CCOCC2)CC1. The zero-order valence-corrected chi connectivity index (χ0v) is 15.7. The molecule has 2 amide bonds. The Morgan fingerprint density at radius 3 is 2.27 bits per heavy atom. The molecule has 0 unspecified atom stereocenters. The van der Waals surface area contributed by atoms with Crippen LogP contribution in [0.5, 0.6) is 0 Å². The van der Waals surface area contributed by atoms with Gasteiger partial charge >= 0.3 is 0 Å². The average Bonchev–Trinajstić information content (AvgIpc) is 3.46. The fourth-order valence-corrected chi connectivity index (χ4v) is 3.27. The van der Waals surface area contributed by atoms with E-state index >= 15 is 0 Å². The number of benzene rings is 1. The van der Waals surface area contributed by atoms with Crippen LogP contribution in [0, 0.1) is 5.41 Å². The van der Waals surface area contributed by atoms with E-state index in [9.17, 15) is 9.59 Å². The van der Waals surface area contributed by atoms with Crippen LogP contribution in [0.2, 0.25) is 5.02 Å². The minimum atomic E-state index is -0.856. The maximum Gasteiger partial charge on any atom is 0.235 e. The van der Waals surface area contributed by atoms with E-state index in [0.29, 0.717) is 31.0 Å². The lowest BCUT2D eigenvalue weighted by atomic mass is 10.0. The van der Waals surface area contributed by atoms with Gasteiger partial charge in [0.25, 0.3) is 0 Å². The maximum absolute atomic E-state index is 12.5. The second-order valence-corrected chi connectivity index (χ2v) is 7.36. The molecule has 1 aliphatic carbocycles. The standard InChI is InChI=1S/C19H26ClN3O3/c20-16-3-1-15(2-4-16)5-8-21-17(24)19(6-7-19)18(25)22-9-10-23-11-13-26-14-12-23/h1-4H,5-14H2,(H,21,24)(H,22,25). The number of ether oxygens (including phenoxy) is 1. The lowest BCUT2D eigenvalue weighted by Gasteiger charge is -2.26. The quantitative estimate of drug-likeness (QED) is 0.666. The molecule has 3 rings (SSSR count). The van der Waals surface area contributed by atoms with Gasteiger partial charge in [0.2, 0.25) is 11.8 Å². The molecule has 2 fully saturated rings. The molecule has 142 valence electrons. The molecule has 0 radical (unpaired) electrons. The summed E-state index contributed by atoms with van der Waals surface area (Å²) in [6.45, 7) is 5.16. The number of morpholine rings is 1. The number of nitrogens with one attached hydrogen (secondary N) is 2. The first-order valence-corrected chi connectivity index (χ1v) is 9.59. The van der Waals surface area contributed by atoms with Gasteiger partial charge in [-0.15, -0.1) is 0 Å².